The summed E-state index contributed by atoms with van der Waals surface area (Å²) in [4.78, 5) is 28.4. The molecule has 0 fully saturated rings. The molecule has 2 aromatic heterocycles. The van der Waals surface area contributed by atoms with Gasteiger partial charge in [0.2, 0.25) is 5.75 Å². The number of hydrogen-bond donors (Lipinski definition) is 2. The monoisotopic (exact) mass is 301 g/mol. The van der Waals surface area contributed by atoms with Gasteiger partial charge in [0.25, 0.3) is 5.91 Å². The van der Waals surface area contributed by atoms with E-state index in [0.717, 1.165) is 5.56 Å². The molecule has 0 bridgehead atoms. The Kier molecular flexibility index (Phi) is 3.41. The number of amides is 1. The van der Waals surface area contributed by atoms with Gasteiger partial charge in [0, 0.05) is 18.1 Å². The van der Waals surface area contributed by atoms with Crippen molar-refractivity contribution in [3.05, 3.63) is 63.5 Å². The lowest BCUT2D eigenvalue weighted by Gasteiger charge is -2.06. The summed E-state index contributed by atoms with van der Waals surface area (Å²) in [6, 6.07) is 9.34. The molecule has 2 heterocycles. The van der Waals surface area contributed by atoms with Crippen LogP contribution in [0.3, 0.4) is 0 Å². The molecule has 7 heteroatoms. The fraction of sp³-hybridized carbons (Fsp3) is 0.0714. The molecule has 21 heavy (non-hydrogen) atoms. The Morgan fingerprint density at radius 3 is 2.86 bits per heavy atom. The van der Waals surface area contributed by atoms with Gasteiger partial charge in [0.05, 0.1) is 0 Å². The number of rotatable bonds is 3. The van der Waals surface area contributed by atoms with Crippen molar-refractivity contribution >= 4 is 22.2 Å². The first-order valence-electron chi connectivity index (χ1n) is 6.18. The fourth-order valence-electron chi connectivity index (χ4n) is 1.89. The Morgan fingerprint density at radius 1 is 1.33 bits per heavy atom. The van der Waals surface area contributed by atoms with Crippen LogP contribution in [0.1, 0.15) is 16.1 Å². The summed E-state index contributed by atoms with van der Waals surface area (Å²) in [5.74, 6) is -1.22. The Hall–Kier alpha value is -2.67. The smallest absolute Gasteiger partial charge is 0.301 e. The molecule has 0 radical (unpaired) electrons. The highest BCUT2D eigenvalue weighted by atomic mass is 32.1. The van der Waals surface area contributed by atoms with E-state index >= 15 is 0 Å². The van der Waals surface area contributed by atoms with Gasteiger partial charge in [-0.25, -0.2) is 4.98 Å². The normalized spacial score (nSPS) is 10.7. The minimum absolute atomic E-state index is 0.251. The first-order valence-corrected chi connectivity index (χ1v) is 7.06. The predicted molar refractivity (Wildman–Crippen MR) is 78.6 cm³/mol. The number of nitrogens with zero attached hydrogens (tertiary/aromatic N) is 2. The van der Waals surface area contributed by atoms with Gasteiger partial charge in [0.1, 0.15) is 0 Å². The molecular formula is C14H11N3O3S. The van der Waals surface area contributed by atoms with Crippen LogP contribution in [0.5, 0.6) is 5.75 Å². The summed E-state index contributed by atoms with van der Waals surface area (Å²) >= 11 is 1.22. The van der Waals surface area contributed by atoms with Crippen molar-refractivity contribution in [2.75, 3.05) is 0 Å². The van der Waals surface area contributed by atoms with E-state index in [1.807, 2.05) is 30.3 Å². The van der Waals surface area contributed by atoms with Gasteiger partial charge in [-0.1, -0.05) is 30.3 Å². The minimum Gasteiger partial charge on any atom is -0.501 e. The van der Waals surface area contributed by atoms with E-state index in [2.05, 4.69) is 10.3 Å². The van der Waals surface area contributed by atoms with Gasteiger partial charge >= 0.3 is 5.56 Å². The van der Waals surface area contributed by atoms with Gasteiger partial charge in [-0.2, -0.15) is 0 Å². The van der Waals surface area contributed by atoms with Crippen molar-refractivity contribution in [3.8, 4) is 5.75 Å². The second-order valence-corrected chi connectivity index (χ2v) is 5.21. The first kappa shape index (κ1) is 13.3. The number of fused-ring (bicyclic) bond motifs is 1. The highest BCUT2D eigenvalue weighted by Crippen LogP contribution is 2.14. The topological polar surface area (TPSA) is 83.7 Å². The minimum atomic E-state index is -0.647. The number of aromatic hydroxyl groups is 1. The second kappa shape index (κ2) is 5.37. The third-order valence-electron chi connectivity index (χ3n) is 2.95. The zero-order chi connectivity index (χ0) is 14.8. The molecule has 0 atom stereocenters. The van der Waals surface area contributed by atoms with E-state index in [-0.39, 0.29) is 5.69 Å². The van der Waals surface area contributed by atoms with E-state index in [1.54, 1.807) is 5.38 Å². The lowest BCUT2D eigenvalue weighted by atomic mass is 10.2. The average molecular weight is 301 g/mol. The summed E-state index contributed by atoms with van der Waals surface area (Å²) in [6.07, 6.45) is 1.50. The quantitative estimate of drug-likeness (QED) is 0.766. The van der Waals surface area contributed by atoms with Crippen LogP contribution in [-0.2, 0) is 6.54 Å². The third-order valence-corrected chi connectivity index (χ3v) is 3.71. The molecule has 3 aromatic rings. The van der Waals surface area contributed by atoms with Crippen LogP contribution in [-0.4, -0.2) is 20.4 Å². The summed E-state index contributed by atoms with van der Waals surface area (Å²) in [6.45, 7) is 0.296. The highest BCUT2D eigenvalue weighted by molar-refractivity contribution is 7.15. The average Bonchev–Trinajstić information content (AvgIpc) is 2.98. The van der Waals surface area contributed by atoms with E-state index in [0.29, 0.717) is 11.5 Å². The van der Waals surface area contributed by atoms with Crippen LogP contribution in [0, 0.1) is 0 Å². The molecule has 6 nitrogen and oxygen atoms in total. The Balaban J connectivity index is 1.88. The van der Waals surface area contributed by atoms with E-state index in [9.17, 15) is 14.7 Å². The van der Waals surface area contributed by atoms with Crippen LogP contribution < -0.4 is 10.9 Å². The molecule has 1 amide bonds. The Morgan fingerprint density at radius 2 is 2.10 bits per heavy atom. The van der Waals surface area contributed by atoms with Crippen molar-refractivity contribution in [1.29, 1.82) is 0 Å². The van der Waals surface area contributed by atoms with Gasteiger partial charge in [0.15, 0.2) is 10.7 Å². The summed E-state index contributed by atoms with van der Waals surface area (Å²) in [7, 11) is 0. The standard InChI is InChI=1S/C14H11N3O3S/c18-11-10(16-14-17(13(11)20)6-7-21-14)12(19)15-8-9-4-2-1-3-5-9/h1-7,18H,8H2,(H,15,19). The van der Waals surface area contributed by atoms with Crippen LogP contribution in [0.25, 0.3) is 4.96 Å². The highest BCUT2D eigenvalue weighted by Gasteiger charge is 2.18. The second-order valence-electron chi connectivity index (χ2n) is 4.34. The molecule has 0 aliphatic carbocycles. The Labute approximate surface area is 123 Å². The van der Waals surface area contributed by atoms with Crippen LogP contribution in [0.2, 0.25) is 0 Å². The predicted octanol–water partition coefficient (Wildman–Crippen LogP) is 1.39. The number of nitrogens with one attached hydrogen (secondary N) is 1. The molecular weight excluding hydrogens is 290 g/mol. The molecule has 1 aromatic carbocycles. The van der Waals surface area contributed by atoms with Crippen molar-refractivity contribution in [1.82, 2.24) is 14.7 Å². The van der Waals surface area contributed by atoms with Gasteiger partial charge in [-0.05, 0) is 5.56 Å². The van der Waals surface area contributed by atoms with Gasteiger partial charge in [-0.15, -0.1) is 11.3 Å². The summed E-state index contributed by atoms with van der Waals surface area (Å²) in [5, 5.41) is 14.1. The lowest BCUT2D eigenvalue weighted by molar-refractivity contribution is 0.0943. The summed E-state index contributed by atoms with van der Waals surface area (Å²) in [5.41, 5.74) is 0.0174. The van der Waals surface area contributed by atoms with Crippen LogP contribution >= 0.6 is 11.3 Å². The Bertz CT molecular complexity index is 855. The number of hydrogen-bond acceptors (Lipinski definition) is 5. The van der Waals surface area contributed by atoms with Crippen LogP contribution in [0.15, 0.2) is 46.7 Å². The number of thiazole rings is 1. The SMILES string of the molecule is O=C(NCc1ccccc1)c1nc2sccn2c(=O)c1O. The molecule has 0 spiro atoms. The number of benzene rings is 1. The maximum atomic E-state index is 12.1. The van der Waals surface area contributed by atoms with Gasteiger partial charge in [-0.3, -0.25) is 14.0 Å². The molecule has 0 saturated carbocycles. The van der Waals surface area contributed by atoms with Crippen molar-refractivity contribution in [2.24, 2.45) is 0 Å². The molecule has 0 saturated heterocycles. The van der Waals surface area contributed by atoms with E-state index in [4.69, 9.17) is 0 Å². The van der Waals surface area contributed by atoms with E-state index < -0.39 is 17.2 Å². The zero-order valence-corrected chi connectivity index (χ0v) is 11.6. The maximum Gasteiger partial charge on any atom is 0.301 e. The molecule has 106 valence electrons. The number of carbonyl (C=O) groups excluding carboxylic acids is 1. The largest absolute Gasteiger partial charge is 0.501 e. The zero-order valence-electron chi connectivity index (χ0n) is 10.8. The van der Waals surface area contributed by atoms with Gasteiger partial charge < -0.3 is 10.4 Å². The molecule has 0 unspecified atom stereocenters. The van der Waals surface area contributed by atoms with E-state index in [1.165, 1.54) is 21.9 Å². The van der Waals surface area contributed by atoms with Crippen molar-refractivity contribution in [3.63, 3.8) is 0 Å². The lowest BCUT2D eigenvalue weighted by Crippen LogP contribution is -2.27. The first-order chi connectivity index (χ1) is 10.2. The number of carbonyl (C=O) groups is 1. The molecule has 3 rings (SSSR count). The maximum absolute atomic E-state index is 12.1. The number of aromatic nitrogens is 2. The summed E-state index contributed by atoms with van der Waals surface area (Å²) < 4.78 is 1.20. The third kappa shape index (κ3) is 2.50. The molecule has 0 aliphatic heterocycles. The van der Waals surface area contributed by atoms with Crippen molar-refractivity contribution < 1.29 is 9.90 Å². The molecule has 2 N–H and O–H groups in total. The molecule has 0 aliphatic rings. The van der Waals surface area contributed by atoms with Crippen LogP contribution in [0.4, 0.5) is 0 Å². The van der Waals surface area contributed by atoms with Crippen molar-refractivity contribution in [2.45, 2.75) is 6.54 Å². The fourth-order valence-corrected chi connectivity index (χ4v) is 2.60.